The highest BCUT2D eigenvalue weighted by atomic mass is 32.1. The van der Waals surface area contributed by atoms with Crippen LogP contribution in [0.15, 0.2) is 35.1 Å². The standard InChI is InChI=1S/C20H20N2O3S/c1-2-25-16(23)12-22-18(13-8-4-3-5-9-13)21-19-17(20(22)24)14-10-6-7-11-15(14)26-19/h3-5,8-9H,2,6-7,10-12H2,1H3. The summed E-state index contributed by atoms with van der Waals surface area (Å²) in [6.07, 6.45) is 4.17. The van der Waals surface area contributed by atoms with Gasteiger partial charge in [0.2, 0.25) is 0 Å². The number of hydrogen-bond acceptors (Lipinski definition) is 5. The van der Waals surface area contributed by atoms with Crippen molar-refractivity contribution < 1.29 is 9.53 Å². The van der Waals surface area contributed by atoms with Crippen molar-refractivity contribution >= 4 is 27.5 Å². The largest absolute Gasteiger partial charge is 0.465 e. The molecule has 3 aromatic rings. The molecular weight excluding hydrogens is 348 g/mol. The first-order valence-electron chi connectivity index (χ1n) is 8.95. The molecule has 4 rings (SSSR count). The molecule has 134 valence electrons. The monoisotopic (exact) mass is 368 g/mol. The number of carbonyl (C=O) groups excluding carboxylic acids is 1. The van der Waals surface area contributed by atoms with Gasteiger partial charge in [0.1, 0.15) is 17.2 Å². The lowest BCUT2D eigenvalue weighted by atomic mass is 9.97. The highest BCUT2D eigenvalue weighted by Gasteiger charge is 2.23. The second-order valence-corrected chi connectivity index (χ2v) is 7.47. The highest BCUT2D eigenvalue weighted by molar-refractivity contribution is 7.18. The van der Waals surface area contributed by atoms with E-state index in [4.69, 9.17) is 9.72 Å². The maximum absolute atomic E-state index is 13.3. The predicted octanol–water partition coefficient (Wildman–Crippen LogP) is 3.57. The topological polar surface area (TPSA) is 61.2 Å². The molecule has 0 unspecified atom stereocenters. The highest BCUT2D eigenvalue weighted by Crippen LogP contribution is 2.34. The first kappa shape index (κ1) is 17.0. The predicted molar refractivity (Wildman–Crippen MR) is 103 cm³/mol. The third kappa shape index (κ3) is 2.94. The van der Waals surface area contributed by atoms with Crippen LogP contribution in [0.25, 0.3) is 21.6 Å². The summed E-state index contributed by atoms with van der Waals surface area (Å²) < 4.78 is 6.54. The average Bonchev–Trinajstić information content (AvgIpc) is 3.03. The Balaban J connectivity index is 1.96. The number of aryl methyl sites for hydroxylation is 2. The molecule has 1 aliphatic carbocycles. The maximum atomic E-state index is 13.3. The molecule has 0 saturated heterocycles. The van der Waals surface area contributed by atoms with Crippen LogP contribution in [0.2, 0.25) is 0 Å². The molecule has 0 amide bonds. The van der Waals surface area contributed by atoms with Gasteiger partial charge in [0.25, 0.3) is 5.56 Å². The fourth-order valence-electron chi connectivity index (χ4n) is 3.53. The van der Waals surface area contributed by atoms with E-state index < -0.39 is 5.97 Å². The molecule has 0 aliphatic heterocycles. The zero-order valence-corrected chi connectivity index (χ0v) is 15.5. The van der Waals surface area contributed by atoms with Crippen LogP contribution in [0.5, 0.6) is 0 Å². The number of ether oxygens (including phenoxy) is 1. The Morgan fingerprint density at radius 3 is 2.77 bits per heavy atom. The van der Waals surface area contributed by atoms with Gasteiger partial charge in [-0.3, -0.25) is 14.2 Å². The molecule has 6 heteroatoms. The number of hydrogen-bond donors (Lipinski definition) is 0. The summed E-state index contributed by atoms with van der Waals surface area (Å²) in [6, 6.07) is 9.53. The fourth-order valence-corrected chi connectivity index (χ4v) is 4.78. The molecule has 0 bridgehead atoms. The molecule has 2 heterocycles. The summed E-state index contributed by atoms with van der Waals surface area (Å²) in [5, 5.41) is 0.689. The number of benzene rings is 1. The Labute approximate surface area is 155 Å². The first-order valence-corrected chi connectivity index (χ1v) is 9.76. The van der Waals surface area contributed by atoms with Crippen LogP contribution in [-0.4, -0.2) is 22.1 Å². The smallest absolute Gasteiger partial charge is 0.326 e. The molecule has 0 atom stereocenters. The van der Waals surface area contributed by atoms with Gasteiger partial charge in [-0.15, -0.1) is 11.3 Å². The Morgan fingerprint density at radius 2 is 2.00 bits per heavy atom. The third-order valence-electron chi connectivity index (χ3n) is 4.70. The molecule has 0 fully saturated rings. The normalized spacial score (nSPS) is 13.6. The fraction of sp³-hybridized carbons (Fsp3) is 0.350. The average molecular weight is 368 g/mol. The minimum Gasteiger partial charge on any atom is -0.465 e. The lowest BCUT2D eigenvalue weighted by molar-refractivity contribution is -0.143. The summed E-state index contributed by atoms with van der Waals surface area (Å²) in [6.45, 7) is 1.93. The van der Waals surface area contributed by atoms with E-state index in [1.54, 1.807) is 18.3 Å². The molecule has 0 spiro atoms. The first-order chi connectivity index (χ1) is 12.7. The zero-order valence-electron chi connectivity index (χ0n) is 14.7. The van der Waals surface area contributed by atoms with Gasteiger partial charge in [-0.2, -0.15) is 0 Å². The summed E-state index contributed by atoms with van der Waals surface area (Å²) >= 11 is 1.62. The summed E-state index contributed by atoms with van der Waals surface area (Å²) in [7, 11) is 0. The molecule has 0 N–H and O–H groups in total. The number of nitrogens with zero attached hydrogens (tertiary/aromatic N) is 2. The molecule has 26 heavy (non-hydrogen) atoms. The van der Waals surface area contributed by atoms with Crippen molar-refractivity contribution in [1.82, 2.24) is 9.55 Å². The lowest BCUT2D eigenvalue weighted by Crippen LogP contribution is -2.28. The van der Waals surface area contributed by atoms with Gasteiger partial charge in [-0.1, -0.05) is 30.3 Å². The van der Waals surface area contributed by atoms with Gasteiger partial charge in [0.15, 0.2) is 0 Å². The van der Waals surface area contributed by atoms with Gasteiger partial charge in [0.05, 0.1) is 12.0 Å². The number of aromatic nitrogens is 2. The van der Waals surface area contributed by atoms with E-state index in [9.17, 15) is 9.59 Å². The summed E-state index contributed by atoms with van der Waals surface area (Å²) in [5.41, 5.74) is 1.81. The van der Waals surface area contributed by atoms with Crippen molar-refractivity contribution in [2.75, 3.05) is 6.61 Å². The van der Waals surface area contributed by atoms with Gasteiger partial charge in [-0.05, 0) is 38.2 Å². The van der Waals surface area contributed by atoms with Crippen LogP contribution in [0.4, 0.5) is 0 Å². The minimum atomic E-state index is -0.419. The SMILES string of the molecule is CCOC(=O)Cn1c(-c2ccccc2)nc2sc3c(c2c1=O)CCCC3. The van der Waals surface area contributed by atoms with Crippen LogP contribution < -0.4 is 5.56 Å². The van der Waals surface area contributed by atoms with Crippen molar-refractivity contribution in [2.45, 2.75) is 39.2 Å². The van der Waals surface area contributed by atoms with Crippen LogP contribution in [0.1, 0.15) is 30.2 Å². The number of carbonyl (C=O) groups is 1. The van der Waals surface area contributed by atoms with E-state index in [0.717, 1.165) is 41.6 Å². The van der Waals surface area contributed by atoms with Crippen LogP contribution in [0, 0.1) is 0 Å². The van der Waals surface area contributed by atoms with Crippen molar-refractivity contribution in [1.29, 1.82) is 0 Å². The Morgan fingerprint density at radius 1 is 1.23 bits per heavy atom. The number of rotatable bonds is 4. The molecule has 0 radical (unpaired) electrons. The maximum Gasteiger partial charge on any atom is 0.326 e. The lowest BCUT2D eigenvalue weighted by Gasteiger charge is -2.13. The molecule has 1 aliphatic rings. The molecule has 1 aromatic carbocycles. The van der Waals surface area contributed by atoms with Gasteiger partial charge in [-0.25, -0.2) is 4.98 Å². The minimum absolute atomic E-state index is 0.121. The summed E-state index contributed by atoms with van der Waals surface area (Å²) in [4.78, 5) is 32.3. The quantitative estimate of drug-likeness (QED) is 0.661. The zero-order chi connectivity index (χ0) is 18.1. The van der Waals surface area contributed by atoms with Crippen molar-refractivity contribution in [3.63, 3.8) is 0 Å². The van der Waals surface area contributed by atoms with E-state index >= 15 is 0 Å². The number of thiophene rings is 1. The van der Waals surface area contributed by atoms with Crippen molar-refractivity contribution in [2.24, 2.45) is 0 Å². The van der Waals surface area contributed by atoms with Crippen molar-refractivity contribution in [3.8, 4) is 11.4 Å². The second kappa shape index (κ2) is 7.03. The molecule has 2 aromatic heterocycles. The molecular formula is C20H20N2O3S. The van der Waals surface area contributed by atoms with E-state index in [1.807, 2.05) is 30.3 Å². The van der Waals surface area contributed by atoms with Crippen LogP contribution >= 0.6 is 11.3 Å². The van der Waals surface area contributed by atoms with E-state index in [0.29, 0.717) is 11.2 Å². The van der Waals surface area contributed by atoms with Gasteiger partial charge in [0, 0.05) is 10.4 Å². The third-order valence-corrected chi connectivity index (χ3v) is 5.89. The Bertz CT molecular complexity index is 1020. The number of esters is 1. The molecule has 5 nitrogen and oxygen atoms in total. The number of fused-ring (bicyclic) bond motifs is 3. The van der Waals surface area contributed by atoms with Crippen molar-refractivity contribution in [3.05, 3.63) is 51.1 Å². The van der Waals surface area contributed by atoms with Crippen LogP contribution in [-0.2, 0) is 28.9 Å². The van der Waals surface area contributed by atoms with E-state index in [1.165, 1.54) is 9.44 Å². The van der Waals surface area contributed by atoms with Crippen LogP contribution in [0.3, 0.4) is 0 Å². The van der Waals surface area contributed by atoms with Gasteiger partial charge < -0.3 is 4.74 Å². The molecule has 0 saturated carbocycles. The van der Waals surface area contributed by atoms with E-state index in [2.05, 4.69) is 0 Å². The summed E-state index contributed by atoms with van der Waals surface area (Å²) in [5.74, 6) is 0.103. The second-order valence-electron chi connectivity index (χ2n) is 6.39. The Kier molecular flexibility index (Phi) is 4.59. The van der Waals surface area contributed by atoms with E-state index in [-0.39, 0.29) is 18.7 Å². The Hall–Kier alpha value is -2.47. The van der Waals surface area contributed by atoms with Gasteiger partial charge >= 0.3 is 5.97 Å².